The summed E-state index contributed by atoms with van der Waals surface area (Å²) in [7, 11) is 0. The molecule has 0 radical (unpaired) electrons. The molecule has 3 saturated heterocycles. The first-order chi connectivity index (χ1) is 42.3. The van der Waals surface area contributed by atoms with E-state index in [9.17, 15) is 61.0 Å². The number of ether oxygens (including phenoxy) is 6. The lowest BCUT2D eigenvalue weighted by atomic mass is 9.96. The first kappa shape index (κ1) is 76.9. The van der Waals surface area contributed by atoms with Crippen molar-refractivity contribution in [2.45, 2.75) is 247 Å². The number of rotatable bonds is 44. The van der Waals surface area contributed by atoms with Crippen LogP contribution in [0.25, 0.3) is 0 Å². The second-order valence-corrected chi connectivity index (χ2v) is 21.8. The van der Waals surface area contributed by atoms with Crippen LogP contribution in [0.4, 0.5) is 0 Å². The zero-order valence-electron chi connectivity index (χ0n) is 51.4. The number of unbranched alkanes of at least 4 members (excludes halogenated alkanes) is 6. The van der Waals surface area contributed by atoms with Crippen LogP contribution in [0, 0.1) is 0 Å². The van der Waals surface area contributed by atoms with E-state index in [0.29, 0.717) is 19.3 Å². The smallest absolute Gasteiger partial charge is 0.220 e. The van der Waals surface area contributed by atoms with Crippen molar-refractivity contribution in [3.8, 4) is 0 Å². The van der Waals surface area contributed by atoms with Crippen molar-refractivity contribution in [1.82, 2.24) is 5.32 Å². The van der Waals surface area contributed by atoms with Gasteiger partial charge in [0.1, 0.15) is 73.2 Å². The highest BCUT2D eigenvalue weighted by molar-refractivity contribution is 5.76. The third-order valence-electron chi connectivity index (χ3n) is 14.6. The van der Waals surface area contributed by atoms with Crippen LogP contribution in [-0.2, 0) is 33.2 Å². The number of allylic oxidation sites excluding steroid dienone is 23. The lowest BCUT2D eigenvalue weighted by Gasteiger charge is -2.48. The molecule has 3 aliphatic rings. The average molecular weight is 1230 g/mol. The number of hydrogen-bond donors (Lipinski definition) is 12. The second-order valence-electron chi connectivity index (χ2n) is 21.8. The summed E-state index contributed by atoms with van der Waals surface area (Å²) in [5.74, 6) is -0.357. The highest BCUT2D eigenvalue weighted by Crippen LogP contribution is 2.33. The number of carbonyl (C=O) groups excluding carboxylic acids is 1. The fourth-order valence-electron chi connectivity index (χ4n) is 9.46. The Labute approximate surface area is 517 Å². The third kappa shape index (κ3) is 31.3. The molecule has 0 saturated carbocycles. The van der Waals surface area contributed by atoms with Crippen LogP contribution in [0.3, 0.4) is 0 Å². The maximum Gasteiger partial charge on any atom is 0.220 e. The molecule has 17 unspecified atom stereocenters. The maximum absolute atomic E-state index is 13.3. The van der Waals surface area contributed by atoms with Gasteiger partial charge in [0.05, 0.1) is 38.6 Å². The lowest BCUT2D eigenvalue weighted by Crippen LogP contribution is -2.66. The van der Waals surface area contributed by atoms with Gasteiger partial charge >= 0.3 is 0 Å². The topological polar surface area (TPSA) is 307 Å². The Kier molecular flexibility index (Phi) is 42.9. The summed E-state index contributed by atoms with van der Waals surface area (Å²) in [6.45, 7) is 1.46. The zero-order chi connectivity index (χ0) is 63.3. The van der Waals surface area contributed by atoms with E-state index in [-0.39, 0.29) is 12.3 Å². The van der Waals surface area contributed by atoms with E-state index in [4.69, 9.17) is 28.4 Å². The molecule has 1 amide bonds. The molecular formula is C68H107NO18. The van der Waals surface area contributed by atoms with Gasteiger partial charge in [-0.3, -0.25) is 4.79 Å². The SMILES string of the molecule is CC/C=C\C/C=C\C/C=C\C/C=C\C/C=C\C/C=C\C/C=C\C/C=C\C/C=C\CCCC(=O)NC(COC1OC(CO)C(OC2OC(CO)C(OC3OC(CO)C(O)C(O)C3O)C(O)C2O)C(O)C1O)C(O)/C=C/CC/C=C/CC/C=C/CCCCC. The number of aliphatic hydroxyl groups is 11. The van der Waals surface area contributed by atoms with E-state index in [1.807, 2.05) is 12.2 Å². The molecule has 3 rings (SSSR count). The minimum atomic E-state index is -2.00. The number of amides is 1. The molecule has 3 fully saturated rings. The van der Waals surface area contributed by atoms with Crippen LogP contribution < -0.4 is 5.32 Å². The van der Waals surface area contributed by atoms with Gasteiger partial charge in [-0.2, -0.15) is 0 Å². The van der Waals surface area contributed by atoms with Gasteiger partial charge in [-0.15, -0.1) is 0 Å². The summed E-state index contributed by atoms with van der Waals surface area (Å²) in [6, 6.07) is -1.04. The number of carbonyl (C=O) groups is 1. The summed E-state index contributed by atoms with van der Waals surface area (Å²) in [4.78, 5) is 13.3. The van der Waals surface area contributed by atoms with E-state index >= 15 is 0 Å². The first-order valence-electron chi connectivity index (χ1n) is 31.6. The van der Waals surface area contributed by atoms with Crippen molar-refractivity contribution >= 4 is 5.91 Å². The van der Waals surface area contributed by atoms with E-state index in [1.165, 1.54) is 19.3 Å². The monoisotopic (exact) mass is 1230 g/mol. The highest BCUT2D eigenvalue weighted by Gasteiger charge is 2.53. The fourth-order valence-corrected chi connectivity index (χ4v) is 9.46. The minimum Gasteiger partial charge on any atom is -0.394 e. The van der Waals surface area contributed by atoms with E-state index in [2.05, 4.69) is 141 Å². The van der Waals surface area contributed by atoms with E-state index in [1.54, 1.807) is 12.2 Å². The number of hydrogen-bond acceptors (Lipinski definition) is 18. The maximum atomic E-state index is 13.3. The normalized spacial score (nSPS) is 29.6. The predicted octanol–water partition coefficient (Wildman–Crippen LogP) is 6.81. The lowest BCUT2D eigenvalue weighted by molar-refractivity contribution is -0.379. The Morgan fingerprint density at radius 1 is 0.425 bits per heavy atom. The van der Waals surface area contributed by atoms with Gasteiger partial charge in [0.15, 0.2) is 18.9 Å². The molecule has 0 aromatic heterocycles. The van der Waals surface area contributed by atoms with Gasteiger partial charge in [0.25, 0.3) is 0 Å². The second kappa shape index (κ2) is 48.5. The summed E-state index contributed by atoms with van der Waals surface area (Å²) in [6.07, 6.45) is 41.2. The molecule has 17 atom stereocenters. The van der Waals surface area contributed by atoms with Crippen LogP contribution >= 0.6 is 0 Å². The average Bonchev–Trinajstić information content (AvgIpc) is 1.69. The Morgan fingerprint density at radius 2 is 0.793 bits per heavy atom. The summed E-state index contributed by atoms with van der Waals surface area (Å²) in [5, 5.41) is 120. The van der Waals surface area contributed by atoms with Gasteiger partial charge in [0.2, 0.25) is 5.91 Å². The molecule has 0 aromatic carbocycles. The van der Waals surface area contributed by atoms with Crippen molar-refractivity contribution in [2.75, 3.05) is 26.4 Å². The Balaban J connectivity index is 1.48. The summed E-state index contributed by atoms with van der Waals surface area (Å²) < 4.78 is 34.2. The third-order valence-corrected chi connectivity index (χ3v) is 14.6. The van der Waals surface area contributed by atoms with Crippen molar-refractivity contribution in [2.24, 2.45) is 0 Å². The van der Waals surface area contributed by atoms with E-state index in [0.717, 1.165) is 83.5 Å². The Morgan fingerprint density at radius 3 is 1.24 bits per heavy atom. The molecule has 0 aromatic rings. The van der Waals surface area contributed by atoms with Crippen molar-refractivity contribution in [1.29, 1.82) is 0 Å². The minimum absolute atomic E-state index is 0.141. The molecule has 0 spiro atoms. The summed E-state index contributed by atoms with van der Waals surface area (Å²) >= 11 is 0. The zero-order valence-corrected chi connectivity index (χ0v) is 51.4. The molecule has 0 aliphatic carbocycles. The standard InChI is InChI=1S/C68H107NO18/c1-3-5-7-9-11-13-15-17-18-19-20-21-22-23-24-25-26-27-28-29-30-31-32-34-36-38-40-42-44-46-56(74)69-51(52(73)45-43-41-39-37-35-33-16-14-12-10-8-6-4-2)50-82-66-62(80)59(77)64(54(48-71)84-66)87-68-63(81)60(78)65(55(49-72)85-68)86-67-61(79)58(76)57(75)53(47-70)83-67/h5,7,11-14,17-18,20-21,23-24,26-27,29-30,32,34-35,37-38,40,43,45,51-55,57-68,70-73,75-81H,3-4,6,8-10,15-16,19,22,25,28,31,33,36,39,41-42,44,46-50H2,1-2H3,(H,69,74)/b7-5-,13-11-,14-12+,18-17-,21-20-,24-23-,27-26-,30-29-,34-32-,37-35+,40-38-,45-43+. The quantitative estimate of drug-likeness (QED) is 0.0220. The van der Waals surface area contributed by atoms with Gasteiger partial charge in [0, 0.05) is 6.42 Å². The Bertz CT molecular complexity index is 2150. The van der Waals surface area contributed by atoms with Crippen LogP contribution in [-0.4, -0.2) is 193 Å². The molecule has 19 nitrogen and oxygen atoms in total. The molecule has 19 heteroatoms. The molecule has 492 valence electrons. The van der Waals surface area contributed by atoms with Crippen LogP contribution in [0.15, 0.2) is 146 Å². The van der Waals surface area contributed by atoms with Crippen LogP contribution in [0.1, 0.15) is 142 Å². The molecule has 3 aliphatic heterocycles. The molecule has 0 bridgehead atoms. The number of nitrogens with one attached hydrogen (secondary N) is 1. The first-order valence-corrected chi connectivity index (χ1v) is 31.6. The van der Waals surface area contributed by atoms with Crippen LogP contribution in [0.5, 0.6) is 0 Å². The number of aliphatic hydroxyl groups excluding tert-OH is 11. The molecule has 12 N–H and O–H groups in total. The molecule has 3 heterocycles. The van der Waals surface area contributed by atoms with Gasteiger partial charge in [-0.25, -0.2) is 0 Å². The Hall–Kier alpha value is -4.33. The van der Waals surface area contributed by atoms with Crippen molar-refractivity contribution in [3.63, 3.8) is 0 Å². The van der Waals surface area contributed by atoms with Gasteiger partial charge in [-0.1, -0.05) is 173 Å². The van der Waals surface area contributed by atoms with E-state index < -0.39 is 131 Å². The largest absolute Gasteiger partial charge is 0.394 e. The van der Waals surface area contributed by atoms with Gasteiger partial charge in [-0.05, 0) is 109 Å². The molecule has 87 heavy (non-hydrogen) atoms. The summed E-state index contributed by atoms with van der Waals surface area (Å²) in [5.41, 5.74) is 0. The van der Waals surface area contributed by atoms with Crippen LogP contribution in [0.2, 0.25) is 0 Å². The van der Waals surface area contributed by atoms with Crippen molar-refractivity contribution < 1.29 is 89.4 Å². The predicted molar refractivity (Wildman–Crippen MR) is 336 cm³/mol. The van der Waals surface area contributed by atoms with Crippen molar-refractivity contribution in [3.05, 3.63) is 146 Å². The molecular weight excluding hydrogens is 1120 g/mol. The highest BCUT2D eigenvalue weighted by atomic mass is 16.8. The fraction of sp³-hybridized carbons (Fsp3) is 0.632. The van der Waals surface area contributed by atoms with Gasteiger partial charge < -0.3 is 89.9 Å².